The molecule has 2 aromatic carbocycles. The first-order valence-electron chi connectivity index (χ1n) is 24.6. The third-order valence-corrected chi connectivity index (χ3v) is 20.2. The van der Waals surface area contributed by atoms with Crippen molar-refractivity contribution in [3.63, 3.8) is 0 Å². The summed E-state index contributed by atoms with van der Waals surface area (Å²) in [6.45, 7) is 17.1. The van der Waals surface area contributed by atoms with Crippen molar-refractivity contribution >= 4 is 11.9 Å². The molecule has 1 N–H and O–H groups in total. The van der Waals surface area contributed by atoms with Crippen molar-refractivity contribution in [3.05, 3.63) is 78.0 Å². The number of H-pyrrole nitrogens is 1. The van der Waals surface area contributed by atoms with Gasteiger partial charge >= 0.3 is 5.97 Å². The Kier molecular flexibility index (Phi) is 10.7. The van der Waals surface area contributed by atoms with E-state index in [2.05, 4.69) is 63.6 Å². The number of halogens is 1. The van der Waals surface area contributed by atoms with E-state index < -0.39 is 0 Å². The van der Waals surface area contributed by atoms with E-state index in [4.69, 9.17) is 14.5 Å². The maximum absolute atomic E-state index is 15.3. The van der Waals surface area contributed by atoms with Crippen molar-refractivity contribution in [3.8, 4) is 11.3 Å². The Hall–Kier alpha value is -3.52. The van der Waals surface area contributed by atoms with E-state index in [0.29, 0.717) is 48.7 Å². The Balaban J connectivity index is 0.808. The van der Waals surface area contributed by atoms with Crippen LogP contribution in [0.25, 0.3) is 11.3 Å². The Morgan fingerprint density at radius 2 is 1.61 bits per heavy atom. The number of esters is 1. The molecule has 10 rings (SSSR count). The molecule has 3 aromatic rings. The monoisotopic (exact) mass is 846 g/mol. The van der Waals surface area contributed by atoms with E-state index >= 15 is 4.79 Å². The minimum Gasteiger partial charge on any atom is -0.462 e. The topological polar surface area (TPSA) is 84.5 Å². The van der Waals surface area contributed by atoms with Crippen LogP contribution in [0.2, 0.25) is 0 Å². The molecule has 2 heterocycles. The summed E-state index contributed by atoms with van der Waals surface area (Å²) in [6.07, 6.45) is 16.9. The number of amides is 1. The van der Waals surface area contributed by atoms with Crippen LogP contribution in [0.3, 0.4) is 0 Å². The van der Waals surface area contributed by atoms with Crippen LogP contribution in [0.1, 0.15) is 149 Å². The minimum atomic E-state index is -0.277. The predicted octanol–water partition coefficient (Wildman–Crippen LogP) is 12.1. The van der Waals surface area contributed by atoms with Gasteiger partial charge in [0.15, 0.2) is 0 Å². The van der Waals surface area contributed by atoms with Gasteiger partial charge in [0.1, 0.15) is 17.7 Å². The number of hydrogen-bond donors (Lipinski definition) is 1. The summed E-state index contributed by atoms with van der Waals surface area (Å²) in [7, 11) is 0. The van der Waals surface area contributed by atoms with E-state index in [-0.39, 0.29) is 62.8 Å². The standard InChI is InChI=1S/C54H72FN3O4/c1-34-37(33-61-32-35-12-8-7-9-13-35)30-39(34)48(59)62-46-23-25-51(4)44(50(46,2)3)22-26-53(6)45(51)21-20-40-41-14-10-24-54(41,28-27-52(40,53)5)49(60)58-29-11-15-43(58)47-56-31-42(57-47)36-16-18-38(55)19-17-36/h7-9,12-13,16-19,31,34,37,39-41,43-46H,10-11,14-15,20-30,32-33H2,1-6H3,(H,56,57). The summed E-state index contributed by atoms with van der Waals surface area (Å²) >= 11 is 0. The van der Waals surface area contributed by atoms with Crippen molar-refractivity contribution in [2.24, 2.45) is 68.5 Å². The van der Waals surface area contributed by atoms with Gasteiger partial charge in [0.2, 0.25) is 5.91 Å². The van der Waals surface area contributed by atoms with Crippen LogP contribution in [0.4, 0.5) is 4.39 Å². The van der Waals surface area contributed by atoms with Gasteiger partial charge in [-0.3, -0.25) is 9.59 Å². The quantitative estimate of drug-likeness (QED) is 0.217. The molecule has 7 aliphatic rings. The highest BCUT2D eigenvalue weighted by molar-refractivity contribution is 5.84. The molecule has 334 valence electrons. The van der Waals surface area contributed by atoms with Gasteiger partial charge in [-0.25, -0.2) is 9.37 Å². The lowest BCUT2D eigenvalue weighted by atomic mass is 9.32. The zero-order valence-electron chi connectivity index (χ0n) is 38.4. The number of carbonyl (C=O) groups excluding carboxylic acids is 2. The lowest BCUT2D eigenvalue weighted by Gasteiger charge is -2.72. The second-order valence-electron chi connectivity index (χ2n) is 22.9. The second kappa shape index (κ2) is 15.6. The van der Waals surface area contributed by atoms with Gasteiger partial charge in [0.25, 0.3) is 0 Å². The van der Waals surface area contributed by atoms with Gasteiger partial charge in [-0.1, -0.05) is 78.3 Å². The molecule has 0 bridgehead atoms. The van der Waals surface area contributed by atoms with Gasteiger partial charge < -0.3 is 19.4 Å². The number of aromatic amines is 1. The Morgan fingerprint density at radius 1 is 0.823 bits per heavy atom. The summed E-state index contributed by atoms with van der Waals surface area (Å²) in [4.78, 5) is 39.7. The van der Waals surface area contributed by atoms with Crippen molar-refractivity contribution < 1.29 is 23.5 Å². The first kappa shape index (κ1) is 42.4. The fourth-order valence-electron chi connectivity index (χ4n) is 16.5. The molecule has 1 aromatic heterocycles. The number of imidazole rings is 1. The van der Waals surface area contributed by atoms with Crippen molar-refractivity contribution in [2.45, 2.75) is 150 Å². The van der Waals surface area contributed by atoms with E-state index in [1.807, 2.05) is 24.4 Å². The van der Waals surface area contributed by atoms with Crippen LogP contribution in [-0.4, -0.2) is 46.0 Å². The second-order valence-corrected chi connectivity index (χ2v) is 22.9. The highest BCUT2D eigenvalue weighted by Crippen LogP contribution is 2.77. The third-order valence-electron chi connectivity index (χ3n) is 20.2. The summed E-state index contributed by atoms with van der Waals surface area (Å²) < 4.78 is 26.4. The average Bonchev–Trinajstić information content (AvgIpc) is 4.04. The number of fused-ring (bicyclic) bond motifs is 7. The molecule has 0 spiro atoms. The number of rotatable bonds is 9. The Bertz CT molecular complexity index is 2140. The first-order valence-corrected chi connectivity index (χ1v) is 24.6. The summed E-state index contributed by atoms with van der Waals surface area (Å²) in [6, 6.07) is 16.8. The van der Waals surface area contributed by atoms with E-state index in [1.165, 1.54) is 49.8 Å². The molecule has 7 nitrogen and oxygen atoms in total. The highest BCUT2D eigenvalue weighted by atomic mass is 19.1. The SMILES string of the molecule is CC1C(COCc2ccccc2)CC1C(=O)OC1CCC2(C)C(CCC3(C)C2CCC2C4CCCC4(C(=O)N4CCCC4c4ncc(-c5ccc(F)cc5)[nH]4)CCC23C)C1(C)C. The number of nitrogens with zero attached hydrogens (tertiary/aromatic N) is 2. The van der Waals surface area contributed by atoms with Gasteiger partial charge in [-0.05, 0) is 171 Å². The molecule has 1 aliphatic heterocycles. The number of nitrogens with one attached hydrogen (secondary N) is 1. The van der Waals surface area contributed by atoms with E-state index in [1.54, 1.807) is 12.1 Å². The number of likely N-dealkylation sites (tertiary alicyclic amines) is 1. The Labute approximate surface area is 370 Å². The van der Waals surface area contributed by atoms with Gasteiger partial charge in [-0.15, -0.1) is 0 Å². The number of hydrogen-bond acceptors (Lipinski definition) is 5. The molecule has 1 saturated heterocycles. The number of carbonyl (C=O) groups is 2. The smallest absolute Gasteiger partial charge is 0.309 e. The van der Waals surface area contributed by atoms with Crippen molar-refractivity contribution in [1.29, 1.82) is 0 Å². The molecule has 6 saturated carbocycles. The molecule has 8 heteroatoms. The lowest BCUT2D eigenvalue weighted by molar-refractivity contribution is -0.249. The minimum absolute atomic E-state index is 0.0168. The number of aromatic nitrogens is 2. The van der Waals surface area contributed by atoms with E-state index in [9.17, 15) is 9.18 Å². The molecular weight excluding hydrogens is 774 g/mol. The maximum Gasteiger partial charge on any atom is 0.309 e. The first-order chi connectivity index (χ1) is 29.7. The van der Waals surface area contributed by atoms with Crippen LogP contribution in [0.5, 0.6) is 0 Å². The normalized spacial score (nSPS) is 40.7. The van der Waals surface area contributed by atoms with Crippen molar-refractivity contribution in [1.82, 2.24) is 14.9 Å². The number of benzene rings is 2. The van der Waals surface area contributed by atoms with Crippen LogP contribution in [0, 0.1) is 74.3 Å². The third kappa shape index (κ3) is 6.50. The molecule has 6 aliphatic carbocycles. The molecule has 13 atom stereocenters. The summed E-state index contributed by atoms with van der Waals surface area (Å²) in [5, 5.41) is 0. The average molecular weight is 846 g/mol. The fourth-order valence-corrected chi connectivity index (χ4v) is 16.5. The van der Waals surface area contributed by atoms with Crippen LogP contribution >= 0.6 is 0 Å². The molecule has 1 amide bonds. The summed E-state index contributed by atoms with van der Waals surface area (Å²) in [5.41, 5.74) is 3.18. The fraction of sp³-hybridized carbons (Fsp3) is 0.685. The van der Waals surface area contributed by atoms with Gasteiger partial charge in [0.05, 0.1) is 42.5 Å². The predicted molar refractivity (Wildman–Crippen MR) is 240 cm³/mol. The highest BCUT2D eigenvalue weighted by Gasteiger charge is 2.71. The molecule has 13 unspecified atom stereocenters. The zero-order chi connectivity index (χ0) is 43.2. The van der Waals surface area contributed by atoms with Gasteiger partial charge in [0, 0.05) is 12.0 Å². The van der Waals surface area contributed by atoms with E-state index in [0.717, 1.165) is 81.4 Å². The van der Waals surface area contributed by atoms with Crippen LogP contribution < -0.4 is 0 Å². The molecule has 62 heavy (non-hydrogen) atoms. The van der Waals surface area contributed by atoms with Gasteiger partial charge in [-0.2, -0.15) is 0 Å². The molecule has 0 radical (unpaired) electrons. The maximum atomic E-state index is 15.3. The van der Waals surface area contributed by atoms with Crippen LogP contribution in [0.15, 0.2) is 60.8 Å². The molecule has 7 fully saturated rings. The number of ether oxygens (including phenoxy) is 2. The zero-order valence-corrected chi connectivity index (χ0v) is 38.4. The van der Waals surface area contributed by atoms with Crippen LogP contribution in [-0.2, 0) is 25.7 Å². The molecular formula is C54H72FN3O4. The Morgan fingerprint density at radius 3 is 2.39 bits per heavy atom. The largest absolute Gasteiger partial charge is 0.462 e. The van der Waals surface area contributed by atoms with Crippen molar-refractivity contribution in [2.75, 3.05) is 13.2 Å². The lowest BCUT2D eigenvalue weighted by Crippen LogP contribution is -2.67. The summed E-state index contributed by atoms with van der Waals surface area (Å²) in [5.74, 6) is 3.79.